The number of rotatable bonds is 2. The summed E-state index contributed by atoms with van der Waals surface area (Å²) >= 11 is 5.56. The second kappa shape index (κ2) is 6.46. The van der Waals surface area contributed by atoms with E-state index in [1.165, 1.54) is 0 Å². The van der Waals surface area contributed by atoms with Gasteiger partial charge < -0.3 is 14.5 Å². The van der Waals surface area contributed by atoms with Crippen molar-refractivity contribution in [3.05, 3.63) is 0 Å². The van der Waals surface area contributed by atoms with Crippen LogP contribution in [0.1, 0.15) is 33.6 Å². The molecule has 0 spiro atoms. The van der Waals surface area contributed by atoms with Crippen LogP contribution in [0.5, 0.6) is 0 Å². The van der Waals surface area contributed by atoms with Crippen molar-refractivity contribution in [2.24, 2.45) is 0 Å². The molecule has 0 bridgehead atoms. The van der Waals surface area contributed by atoms with E-state index in [4.69, 9.17) is 16.3 Å². The van der Waals surface area contributed by atoms with Crippen LogP contribution in [-0.4, -0.2) is 59.5 Å². The van der Waals surface area contributed by atoms with Crippen molar-refractivity contribution in [3.63, 3.8) is 0 Å². The van der Waals surface area contributed by atoms with Crippen molar-refractivity contribution in [2.75, 3.05) is 26.0 Å². The van der Waals surface area contributed by atoms with Gasteiger partial charge in [0, 0.05) is 26.2 Å². The van der Waals surface area contributed by atoms with E-state index in [0.29, 0.717) is 13.1 Å². The highest BCUT2D eigenvalue weighted by Crippen LogP contribution is 2.18. The Morgan fingerprint density at radius 3 is 2.58 bits per heavy atom. The van der Waals surface area contributed by atoms with Crippen LogP contribution < -0.4 is 0 Å². The molecule has 1 rings (SSSR count). The lowest BCUT2D eigenvalue weighted by Crippen LogP contribution is -2.51. The number of carbonyl (C=O) groups excluding carboxylic acids is 2. The summed E-state index contributed by atoms with van der Waals surface area (Å²) in [4.78, 5) is 26.9. The number of ether oxygens (including phenoxy) is 1. The first-order chi connectivity index (χ1) is 8.74. The second-order valence-electron chi connectivity index (χ2n) is 5.86. The molecule has 6 heteroatoms. The first kappa shape index (κ1) is 16.1. The van der Waals surface area contributed by atoms with Crippen LogP contribution in [0.2, 0.25) is 0 Å². The Kier molecular flexibility index (Phi) is 5.47. The van der Waals surface area contributed by atoms with Crippen LogP contribution in [0.15, 0.2) is 0 Å². The summed E-state index contributed by atoms with van der Waals surface area (Å²) < 4.78 is 5.35. The van der Waals surface area contributed by atoms with Gasteiger partial charge in [-0.25, -0.2) is 4.79 Å². The average molecular weight is 291 g/mol. The third-order valence-corrected chi connectivity index (χ3v) is 3.33. The van der Waals surface area contributed by atoms with Gasteiger partial charge in [0.2, 0.25) is 5.91 Å². The van der Waals surface area contributed by atoms with E-state index in [1.807, 2.05) is 20.8 Å². The topological polar surface area (TPSA) is 49.9 Å². The Morgan fingerprint density at radius 2 is 2.05 bits per heavy atom. The highest BCUT2D eigenvalue weighted by molar-refractivity contribution is 6.27. The highest BCUT2D eigenvalue weighted by Gasteiger charge is 2.30. The molecule has 1 aliphatic heterocycles. The number of amides is 2. The zero-order chi connectivity index (χ0) is 14.6. The van der Waals surface area contributed by atoms with Gasteiger partial charge in [-0.1, -0.05) is 0 Å². The van der Waals surface area contributed by atoms with Crippen LogP contribution in [0, 0.1) is 0 Å². The summed E-state index contributed by atoms with van der Waals surface area (Å²) in [6.07, 6.45) is 1.44. The standard InChI is InChI=1S/C13H23ClN2O3/c1-13(2,3)19-12(18)16-7-5-6-10(9-16)15(4)11(17)8-14/h10H,5-9H2,1-4H3/t10-/m0/s1. The second-order valence-corrected chi connectivity index (χ2v) is 6.13. The Hall–Kier alpha value is -0.970. The molecule has 110 valence electrons. The van der Waals surface area contributed by atoms with E-state index in [0.717, 1.165) is 12.8 Å². The minimum Gasteiger partial charge on any atom is -0.444 e. The molecule has 0 radical (unpaired) electrons. The van der Waals surface area contributed by atoms with Crippen molar-refractivity contribution in [2.45, 2.75) is 45.3 Å². The first-order valence-corrected chi connectivity index (χ1v) is 7.07. The highest BCUT2D eigenvalue weighted by atomic mass is 35.5. The lowest BCUT2D eigenvalue weighted by molar-refractivity contribution is -0.130. The number of nitrogens with zero attached hydrogens (tertiary/aromatic N) is 2. The van der Waals surface area contributed by atoms with E-state index >= 15 is 0 Å². The van der Waals surface area contributed by atoms with E-state index < -0.39 is 5.60 Å². The van der Waals surface area contributed by atoms with Gasteiger partial charge in [-0.2, -0.15) is 0 Å². The maximum absolute atomic E-state index is 12.0. The molecule has 0 N–H and O–H groups in total. The average Bonchev–Trinajstić information content (AvgIpc) is 2.35. The largest absolute Gasteiger partial charge is 0.444 e. The Balaban J connectivity index is 2.59. The van der Waals surface area contributed by atoms with Crippen LogP contribution in [0.4, 0.5) is 4.79 Å². The smallest absolute Gasteiger partial charge is 0.410 e. The van der Waals surface area contributed by atoms with Gasteiger partial charge in [0.05, 0.1) is 0 Å². The van der Waals surface area contributed by atoms with Crippen molar-refractivity contribution >= 4 is 23.6 Å². The lowest BCUT2D eigenvalue weighted by Gasteiger charge is -2.38. The minimum atomic E-state index is -0.498. The molecular weight excluding hydrogens is 268 g/mol. The summed E-state index contributed by atoms with van der Waals surface area (Å²) in [5.74, 6) is -0.142. The molecule has 0 aliphatic carbocycles. The van der Waals surface area contributed by atoms with Crippen molar-refractivity contribution in [1.29, 1.82) is 0 Å². The zero-order valence-electron chi connectivity index (χ0n) is 12.1. The molecule has 0 aromatic carbocycles. The van der Waals surface area contributed by atoms with Crippen molar-refractivity contribution < 1.29 is 14.3 Å². The quantitative estimate of drug-likeness (QED) is 0.732. The zero-order valence-corrected chi connectivity index (χ0v) is 12.9. The van der Waals surface area contributed by atoms with Crippen molar-refractivity contribution in [1.82, 2.24) is 9.80 Å². The summed E-state index contributed by atoms with van der Waals surface area (Å²) in [5.41, 5.74) is -0.498. The first-order valence-electron chi connectivity index (χ1n) is 6.54. The molecule has 19 heavy (non-hydrogen) atoms. The van der Waals surface area contributed by atoms with E-state index in [2.05, 4.69) is 0 Å². The van der Waals surface area contributed by atoms with Crippen LogP contribution >= 0.6 is 11.6 Å². The number of likely N-dealkylation sites (N-methyl/N-ethyl adjacent to an activating group) is 1. The number of alkyl halides is 1. The van der Waals surface area contributed by atoms with Crippen LogP contribution in [0.25, 0.3) is 0 Å². The molecule has 0 saturated carbocycles. The Morgan fingerprint density at radius 1 is 1.42 bits per heavy atom. The van der Waals surface area contributed by atoms with E-state index in [9.17, 15) is 9.59 Å². The van der Waals surface area contributed by atoms with Gasteiger partial charge in [0.15, 0.2) is 0 Å². The molecule has 0 aromatic rings. The SMILES string of the molecule is CN(C(=O)CCl)[C@H]1CCCN(C(=O)OC(C)(C)C)C1. The lowest BCUT2D eigenvalue weighted by atomic mass is 10.0. The summed E-state index contributed by atoms with van der Waals surface area (Å²) in [7, 11) is 1.73. The molecule has 2 amide bonds. The predicted molar refractivity (Wildman–Crippen MR) is 74.3 cm³/mol. The molecule has 0 aromatic heterocycles. The maximum atomic E-state index is 12.0. The summed E-state index contributed by atoms with van der Waals surface area (Å²) in [6, 6.07) is 0.0209. The molecule has 1 aliphatic rings. The maximum Gasteiger partial charge on any atom is 0.410 e. The molecule has 1 saturated heterocycles. The molecule has 1 heterocycles. The molecule has 1 fully saturated rings. The van der Waals surface area contributed by atoms with E-state index in [-0.39, 0.29) is 23.9 Å². The summed E-state index contributed by atoms with van der Waals surface area (Å²) in [6.45, 7) is 6.71. The Labute approximate surface area is 119 Å². The third kappa shape index (κ3) is 4.90. The van der Waals surface area contributed by atoms with Gasteiger partial charge in [0.1, 0.15) is 11.5 Å². The van der Waals surface area contributed by atoms with Gasteiger partial charge in [-0.3, -0.25) is 4.79 Å². The van der Waals surface area contributed by atoms with Crippen LogP contribution in [0.3, 0.4) is 0 Å². The summed E-state index contributed by atoms with van der Waals surface area (Å²) in [5, 5.41) is 0. The molecule has 0 unspecified atom stereocenters. The molecule has 5 nitrogen and oxygen atoms in total. The number of likely N-dealkylation sites (tertiary alicyclic amines) is 1. The van der Waals surface area contributed by atoms with Gasteiger partial charge in [-0.05, 0) is 33.6 Å². The Bertz CT molecular complexity index is 341. The fourth-order valence-corrected chi connectivity index (χ4v) is 2.25. The third-order valence-electron chi connectivity index (χ3n) is 3.10. The normalized spacial score (nSPS) is 20.1. The van der Waals surface area contributed by atoms with E-state index in [1.54, 1.807) is 16.8 Å². The van der Waals surface area contributed by atoms with Crippen LogP contribution in [-0.2, 0) is 9.53 Å². The monoisotopic (exact) mass is 290 g/mol. The van der Waals surface area contributed by atoms with Gasteiger partial charge in [-0.15, -0.1) is 11.6 Å². The number of piperidine rings is 1. The minimum absolute atomic E-state index is 0.0209. The number of halogens is 1. The fourth-order valence-electron chi connectivity index (χ4n) is 2.06. The predicted octanol–water partition coefficient (Wildman–Crippen LogP) is 2.08. The number of hydrogen-bond acceptors (Lipinski definition) is 3. The number of carbonyl (C=O) groups is 2. The number of hydrogen-bond donors (Lipinski definition) is 0. The van der Waals surface area contributed by atoms with Gasteiger partial charge >= 0.3 is 6.09 Å². The van der Waals surface area contributed by atoms with Crippen molar-refractivity contribution in [3.8, 4) is 0 Å². The fraction of sp³-hybridized carbons (Fsp3) is 0.846. The van der Waals surface area contributed by atoms with Gasteiger partial charge in [0.25, 0.3) is 0 Å². The molecular formula is C13H23ClN2O3. The molecule has 1 atom stereocenters.